The van der Waals surface area contributed by atoms with Gasteiger partial charge in [-0.3, -0.25) is 0 Å². The van der Waals surface area contributed by atoms with Crippen molar-refractivity contribution < 1.29 is 14.6 Å². The maximum Gasteiger partial charge on any atom is 0.407 e. The van der Waals surface area contributed by atoms with Crippen LogP contribution in [0.25, 0.3) is 0 Å². The first-order valence-corrected chi connectivity index (χ1v) is 6.84. The molecule has 0 heterocycles. The molecule has 112 valence electrons. The van der Waals surface area contributed by atoms with Gasteiger partial charge in [-0.15, -0.1) is 0 Å². The van der Waals surface area contributed by atoms with Crippen LogP contribution in [0.3, 0.4) is 0 Å². The van der Waals surface area contributed by atoms with Crippen LogP contribution in [-0.4, -0.2) is 22.8 Å². The molecule has 0 aliphatic heterocycles. The summed E-state index contributed by atoms with van der Waals surface area (Å²) < 4.78 is 5.18. The maximum absolute atomic E-state index is 11.7. The van der Waals surface area contributed by atoms with Gasteiger partial charge in [-0.05, 0) is 47.1 Å². The minimum atomic E-state index is -0.763. The van der Waals surface area contributed by atoms with Crippen LogP contribution in [0, 0.1) is 13.8 Å². The second-order valence-corrected chi connectivity index (χ2v) is 6.30. The number of benzene rings is 1. The second kappa shape index (κ2) is 6.27. The molecule has 0 radical (unpaired) electrons. The molecule has 2 atom stereocenters. The van der Waals surface area contributed by atoms with Crippen molar-refractivity contribution in [3.05, 3.63) is 34.9 Å². The number of carbonyl (C=O) groups is 1. The summed E-state index contributed by atoms with van der Waals surface area (Å²) in [6.07, 6.45) is -1.28. The van der Waals surface area contributed by atoms with Crippen LogP contribution in [0.5, 0.6) is 0 Å². The molecule has 0 fully saturated rings. The van der Waals surface area contributed by atoms with E-state index in [1.54, 1.807) is 27.7 Å². The average molecular weight is 279 g/mol. The molecule has 1 rings (SSSR count). The summed E-state index contributed by atoms with van der Waals surface area (Å²) in [4.78, 5) is 11.7. The van der Waals surface area contributed by atoms with Crippen LogP contribution in [0.4, 0.5) is 4.79 Å². The molecule has 4 heteroatoms. The Morgan fingerprint density at radius 1 is 1.20 bits per heavy atom. The Kier molecular flexibility index (Phi) is 5.17. The van der Waals surface area contributed by atoms with Crippen molar-refractivity contribution in [2.75, 3.05) is 0 Å². The number of aryl methyl sites for hydroxylation is 2. The van der Waals surface area contributed by atoms with Crippen molar-refractivity contribution >= 4 is 6.09 Å². The Bertz CT molecular complexity index is 457. The zero-order valence-electron chi connectivity index (χ0n) is 13.2. The quantitative estimate of drug-likeness (QED) is 0.893. The van der Waals surface area contributed by atoms with E-state index in [9.17, 15) is 9.90 Å². The largest absolute Gasteiger partial charge is 0.444 e. The number of aliphatic hydroxyl groups is 1. The standard InChI is InChI=1S/C16H25NO3/c1-10-7-11(2)9-13(8-10)14(18)12(3)17-15(19)20-16(4,5)6/h7-9,12,14,18H,1-6H3,(H,17,19)/t12-,14-/m0/s1. The summed E-state index contributed by atoms with van der Waals surface area (Å²) in [6, 6.07) is 5.46. The van der Waals surface area contributed by atoms with Gasteiger partial charge < -0.3 is 15.2 Å². The lowest BCUT2D eigenvalue weighted by Crippen LogP contribution is -2.40. The molecule has 1 amide bonds. The molecule has 0 aliphatic rings. The molecule has 1 aromatic rings. The summed E-state index contributed by atoms with van der Waals surface area (Å²) in [5, 5.41) is 13.0. The highest BCUT2D eigenvalue weighted by molar-refractivity contribution is 5.68. The highest BCUT2D eigenvalue weighted by Gasteiger charge is 2.22. The number of carbonyl (C=O) groups excluding carboxylic acids is 1. The van der Waals surface area contributed by atoms with Crippen LogP contribution < -0.4 is 5.32 Å². The first-order valence-electron chi connectivity index (χ1n) is 6.84. The van der Waals surface area contributed by atoms with Crippen LogP contribution in [-0.2, 0) is 4.74 Å². The van der Waals surface area contributed by atoms with E-state index in [0.29, 0.717) is 0 Å². The number of ether oxygens (including phenoxy) is 1. The molecule has 0 aliphatic carbocycles. The summed E-state index contributed by atoms with van der Waals surface area (Å²) >= 11 is 0. The number of alkyl carbamates (subject to hydrolysis) is 1. The highest BCUT2D eigenvalue weighted by atomic mass is 16.6. The number of amides is 1. The minimum Gasteiger partial charge on any atom is -0.444 e. The Balaban J connectivity index is 2.71. The first kappa shape index (κ1) is 16.5. The fourth-order valence-corrected chi connectivity index (χ4v) is 2.04. The van der Waals surface area contributed by atoms with E-state index >= 15 is 0 Å². The van der Waals surface area contributed by atoms with Gasteiger partial charge in [0, 0.05) is 0 Å². The van der Waals surface area contributed by atoms with Gasteiger partial charge >= 0.3 is 6.09 Å². The molecule has 1 aromatic carbocycles. The van der Waals surface area contributed by atoms with Gasteiger partial charge in [-0.2, -0.15) is 0 Å². The molecular formula is C16H25NO3. The van der Waals surface area contributed by atoms with Gasteiger partial charge in [0.2, 0.25) is 0 Å². The zero-order valence-corrected chi connectivity index (χ0v) is 13.2. The maximum atomic E-state index is 11.7. The van der Waals surface area contributed by atoms with Crippen molar-refractivity contribution in [2.24, 2.45) is 0 Å². The van der Waals surface area contributed by atoms with Crippen molar-refractivity contribution in [1.82, 2.24) is 5.32 Å². The van der Waals surface area contributed by atoms with Crippen molar-refractivity contribution in [3.63, 3.8) is 0 Å². The fourth-order valence-electron chi connectivity index (χ4n) is 2.04. The number of hydrogen-bond acceptors (Lipinski definition) is 3. The van der Waals surface area contributed by atoms with E-state index in [2.05, 4.69) is 5.32 Å². The summed E-state index contributed by atoms with van der Waals surface area (Å²) in [5.74, 6) is 0. The monoisotopic (exact) mass is 279 g/mol. The lowest BCUT2D eigenvalue weighted by Gasteiger charge is -2.24. The Morgan fingerprint density at radius 2 is 1.70 bits per heavy atom. The predicted octanol–water partition coefficient (Wildman–Crippen LogP) is 3.25. The molecule has 0 aromatic heterocycles. The number of rotatable bonds is 3. The van der Waals surface area contributed by atoms with Crippen LogP contribution in [0.15, 0.2) is 18.2 Å². The highest BCUT2D eigenvalue weighted by Crippen LogP contribution is 2.20. The molecule has 2 N–H and O–H groups in total. The van der Waals surface area contributed by atoms with Crippen molar-refractivity contribution in [1.29, 1.82) is 0 Å². The summed E-state index contributed by atoms with van der Waals surface area (Å²) in [7, 11) is 0. The van der Waals surface area contributed by atoms with E-state index in [1.807, 2.05) is 32.0 Å². The van der Waals surface area contributed by atoms with Crippen LogP contribution >= 0.6 is 0 Å². The van der Waals surface area contributed by atoms with Crippen molar-refractivity contribution in [2.45, 2.75) is 59.3 Å². The first-order chi connectivity index (χ1) is 9.08. The zero-order chi connectivity index (χ0) is 15.5. The minimum absolute atomic E-state index is 0.425. The van der Waals surface area contributed by atoms with Gasteiger partial charge in [0.1, 0.15) is 5.60 Å². The van der Waals surface area contributed by atoms with E-state index in [4.69, 9.17) is 4.74 Å². The summed E-state index contributed by atoms with van der Waals surface area (Å²) in [5.41, 5.74) is 2.42. The van der Waals surface area contributed by atoms with Gasteiger partial charge in [0.25, 0.3) is 0 Å². The molecule has 20 heavy (non-hydrogen) atoms. The fraction of sp³-hybridized carbons (Fsp3) is 0.562. The summed E-state index contributed by atoms with van der Waals surface area (Å²) in [6.45, 7) is 11.1. The van der Waals surface area contributed by atoms with E-state index in [-0.39, 0.29) is 0 Å². The molecule has 0 unspecified atom stereocenters. The van der Waals surface area contributed by atoms with Gasteiger partial charge in [0.15, 0.2) is 0 Å². The molecule has 0 saturated heterocycles. The van der Waals surface area contributed by atoms with Gasteiger partial charge in [0.05, 0.1) is 12.1 Å². The third-order valence-electron chi connectivity index (χ3n) is 2.80. The smallest absolute Gasteiger partial charge is 0.407 e. The van der Waals surface area contributed by atoms with E-state index in [0.717, 1.165) is 16.7 Å². The van der Waals surface area contributed by atoms with Gasteiger partial charge in [-0.1, -0.05) is 29.3 Å². The third kappa shape index (κ3) is 5.21. The lowest BCUT2D eigenvalue weighted by atomic mass is 9.99. The topological polar surface area (TPSA) is 58.6 Å². The Morgan fingerprint density at radius 3 is 2.15 bits per heavy atom. The number of hydrogen-bond donors (Lipinski definition) is 2. The van der Waals surface area contributed by atoms with Crippen molar-refractivity contribution in [3.8, 4) is 0 Å². The normalized spacial score (nSPS) is 14.6. The second-order valence-electron chi connectivity index (χ2n) is 6.30. The average Bonchev–Trinajstić information content (AvgIpc) is 2.23. The molecular weight excluding hydrogens is 254 g/mol. The molecule has 0 bridgehead atoms. The molecule has 0 spiro atoms. The number of aliphatic hydroxyl groups excluding tert-OH is 1. The van der Waals surface area contributed by atoms with Crippen LogP contribution in [0.2, 0.25) is 0 Å². The van der Waals surface area contributed by atoms with Gasteiger partial charge in [-0.25, -0.2) is 4.79 Å². The van der Waals surface area contributed by atoms with E-state index in [1.165, 1.54) is 0 Å². The van der Waals surface area contributed by atoms with E-state index < -0.39 is 23.8 Å². The SMILES string of the molecule is Cc1cc(C)cc([C@@H](O)[C@H](C)NC(=O)OC(C)(C)C)c1. The van der Waals surface area contributed by atoms with Crippen LogP contribution in [0.1, 0.15) is 50.5 Å². The third-order valence-corrected chi connectivity index (χ3v) is 2.80. The molecule has 4 nitrogen and oxygen atoms in total. The predicted molar refractivity (Wildman–Crippen MR) is 79.7 cm³/mol. The molecule has 0 saturated carbocycles. The Hall–Kier alpha value is -1.55. The lowest BCUT2D eigenvalue weighted by molar-refractivity contribution is 0.0436. The Labute approximate surface area is 121 Å². The number of nitrogens with one attached hydrogen (secondary N) is 1.